The number of H-pyrrole nitrogens is 1. The third kappa shape index (κ3) is 2.95. The molecule has 0 unspecified atom stereocenters. The van der Waals surface area contributed by atoms with Gasteiger partial charge >= 0.3 is 0 Å². The molecule has 1 aliphatic rings. The third-order valence-corrected chi connectivity index (χ3v) is 6.02. The third-order valence-electron chi connectivity index (χ3n) is 4.60. The van der Waals surface area contributed by atoms with Crippen LogP contribution >= 0.6 is 11.8 Å². The molecular formula is C17H22N2OS. The molecule has 1 saturated carbocycles. The lowest BCUT2D eigenvalue weighted by Gasteiger charge is -2.35. The number of hydrogen-bond acceptors (Lipinski definition) is 2. The van der Waals surface area contributed by atoms with Gasteiger partial charge in [0.15, 0.2) is 0 Å². The Bertz CT molecular complexity index is 629. The van der Waals surface area contributed by atoms with E-state index in [1.165, 1.54) is 32.1 Å². The Labute approximate surface area is 129 Å². The van der Waals surface area contributed by atoms with Gasteiger partial charge in [0, 0.05) is 28.4 Å². The molecule has 21 heavy (non-hydrogen) atoms. The van der Waals surface area contributed by atoms with Crippen molar-refractivity contribution in [2.45, 2.75) is 36.9 Å². The Morgan fingerprint density at radius 3 is 2.81 bits per heavy atom. The van der Waals surface area contributed by atoms with Crippen LogP contribution in [0.2, 0.25) is 0 Å². The maximum Gasteiger partial charge on any atom is 0.253 e. The molecular weight excluding hydrogens is 280 g/mol. The minimum atomic E-state index is 0.0337. The molecule has 2 aromatic rings. The summed E-state index contributed by atoms with van der Waals surface area (Å²) in [6, 6.07) is 7.94. The average molecular weight is 302 g/mol. The summed E-state index contributed by atoms with van der Waals surface area (Å²) in [7, 11) is 0. The number of carbonyl (C=O) groups is 1. The first kappa shape index (κ1) is 14.5. The minimum absolute atomic E-state index is 0.0337. The lowest BCUT2D eigenvalue weighted by atomic mass is 9.88. The van der Waals surface area contributed by atoms with Gasteiger partial charge in [-0.3, -0.25) is 4.79 Å². The molecule has 1 fully saturated rings. The number of hydrogen-bond donors (Lipinski definition) is 2. The van der Waals surface area contributed by atoms with E-state index in [4.69, 9.17) is 0 Å². The van der Waals surface area contributed by atoms with Gasteiger partial charge in [-0.25, -0.2) is 0 Å². The molecule has 4 heteroatoms. The lowest BCUT2D eigenvalue weighted by Crippen LogP contribution is -2.41. The quantitative estimate of drug-likeness (QED) is 0.898. The fourth-order valence-electron chi connectivity index (χ4n) is 3.25. The summed E-state index contributed by atoms with van der Waals surface area (Å²) in [5.41, 5.74) is 1.76. The lowest BCUT2D eigenvalue weighted by molar-refractivity contribution is 0.0948. The van der Waals surface area contributed by atoms with Gasteiger partial charge < -0.3 is 10.3 Å². The summed E-state index contributed by atoms with van der Waals surface area (Å²) in [6.07, 6.45) is 10.3. The van der Waals surface area contributed by atoms with Crippen LogP contribution in [0.15, 0.2) is 30.5 Å². The number of aromatic nitrogens is 1. The van der Waals surface area contributed by atoms with Crippen molar-refractivity contribution in [3.05, 3.63) is 36.0 Å². The number of rotatable bonds is 4. The minimum Gasteiger partial charge on any atom is -0.360 e. The van der Waals surface area contributed by atoms with E-state index in [9.17, 15) is 4.79 Å². The van der Waals surface area contributed by atoms with Gasteiger partial charge in [0.25, 0.3) is 5.91 Å². The van der Waals surface area contributed by atoms with Gasteiger partial charge in [0.2, 0.25) is 0 Å². The highest BCUT2D eigenvalue weighted by Gasteiger charge is 2.31. The zero-order chi connectivity index (χ0) is 14.7. The Balaban J connectivity index is 1.71. The van der Waals surface area contributed by atoms with E-state index in [0.29, 0.717) is 0 Å². The molecule has 1 amide bonds. The van der Waals surface area contributed by atoms with E-state index in [0.717, 1.165) is 23.0 Å². The Morgan fingerprint density at radius 2 is 2.05 bits per heavy atom. The average Bonchev–Trinajstić information content (AvgIpc) is 2.98. The Hall–Kier alpha value is -1.42. The molecule has 2 N–H and O–H groups in total. The zero-order valence-electron chi connectivity index (χ0n) is 12.4. The number of para-hydroxylation sites is 1. The topological polar surface area (TPSA) is 44.9 Å². The highest BCUT2D eigenvalue weighted by Crippen LogP contribution is 2.38. The second kappa shape index (κ2) is 6.14. The van der Waals surface area contributed by atoms with E-state index in [1.807, 2.05) is 42.2 Å². The summed E-state index contributed by atoms with van der Waals surface area (Å²) in [4.78, 5) is 15.6. The van der Waals surface area contributed by atoms with Crippen molar-refractivity contribution in [2.24, 2.45) is 0 Å². The molecule has 3 rings (SSSR count). The van der Waals surface area contributed by atoms with E-state index in [-0.39, 0.29) is 10.7 Å². The van der Waals surface area contributed by atoms with Crippen molar-refractivity contribution in [3.8, 4) is 0 Å². The van der Waals surface area contributed by atoms with E-state index in [2.05, 4.69) is 16.6 Å². The van der Waals surface area contributed by atoms with Crippen LogP contribution in [0.3, 0.4) is 0 Å². The predicted molar refractivity (Wildman–Crippen MR) is 90.0 cm³/mol. The SMILES string of the molecule is CSC1(CNC(=O)c2c[nH]c3ccccc23)CCCCC1. The first-order chi connectivity index (χ1) is 10.2. The monoisotopic (exact) mass is 302 g/mol. The van der Waals surface area contributed by atoms with Gasteiger partial charge in [-0.1, -0.05) is 37.5 Å². The molecule has 0 radical (unpaired) electrons. The summed E-state index contributed by atoms with van der Waals surface area (Å²) in [6.45, 7) is 0.770. The van der Waals surface area contributed by atoms with Gasteiger partial charge in [0.1, 0.15) is 0 Å². The Kier molecular flexibility index (Phi) is 4.24. The highest BCUT2D eigenvalue weighted by atomic mass is 32.2. The van der Waals surface area contributed by atoms with Crippen molar-refractivity contribution in [2.75, 3.05) is 12.8 Å². The van der Waals surface area contributed by atoms with Crippen LogP contribution in [0.4, 0.5) is 0 Å². The molecule has 0 atom stereocenters. The first-order valence-electron chi connectivity index (χ1n) is 7.64. The molecule has 0 spiro atoms. The van der Waals surface area contributed by atoms with Gasteiger partial charge in [-0.05, 0) is 25.2 Å². The van der Waals surface area contributed by atoms with Crippen molar-refractivity contribution in [1.29, 1.82) is 0 Å². The van der Waals surface area contributed by atoms with Crippen LogP contribution in [-0.4, -0.2) is 28.4 Å². The molecule has 112 valence electrons. The standard InChI is InChI=1S/C17H22N2OS/c1-21-17(9-5-2-6-10-17)12-19-16(20)14-11-18-15-8-4-3-7-13(14)15/h3-4,7-8,11,18H,2,5-6,9-10,12H2,1H3,(H,19,20). The normalized spacial score (nSPS) is 17.8. The molecule has 0 aliphatic heterocycles. The highest BCUT2D eigenvalue weighted by molar-refractivity contribution is 8.00. The predicted octanol–water partition coefficient (Wildman–Crippen LogP) is 3.96. The van der Waals surface area contributed by atoms with Crippen molar-refractivity contribution >= 4 is 28.6 Å². The number of aromatic amines is 1. The largest absolute Gasteiger partial charge is 0.360 e. The summed E-state index contributed by atoms with van der Waals surface area (Å²) < 4.78 is 0.236. The number of amides is 1. The van der Waals surface area contributed by atoms with E-state index < -0.39 is 0 Å². The van der Waals surface area contributed by atoms with E-state index in [1.54, 1.807) is 0 Å². The number of fused-ring (bicyclic) bond motifs is 1. The first-order valence-corrected chi connectivity index (χ1v) is 8.86. The summed E-state index contributed by atoms with van der Waals surface area (Å²) in [5.74, 6) is 0.0337. The van der Waals surface area contributed by atoms with Crippen LogP contribution in [0.25, 0.3) is 10.9 Å². The van der Waals surface area contributed by atoms with Gasteiger partial charge in [-0.2, -0.15) is 11.8 Å². The molecule has 1 heterocycles. The van der Waals surface area contributed by atoms with Crippen molar-refractivity contribution in [1.82, 2.24) is 10.3 Å². The summed E-state index contributed by atoms with van der Waals surface area (Å²) in [5, 5.41) is 4.16. The zero-order valence-corrected chi connectivity index (χ0v) is 13.3. The molecule has 1 aromatic heterocycles. The fraction of sp³-hybridized carbons (Fsp3) is 0.471. The molecule has 1 aromatic carbocycles. The summed E-state index contributed by atoms with van der Waals surface area (Å²) >= 11 is 1.91. The number of benzene rings is 1. The fourth-order valence-corrected chi connectivity index (χ4v) is 4.16. The molecule has 3 nitrogen and oxygen atoms in total. The molecule has 1 aliphatic carbocycles. The van der Waals surface area contributed by atoms with E-state index >= 15 is 0 Å². The second-order valence-electron chi connectivity index (χ2n) is 5.88. The van der Waals surface area contributed by atoms with Crippen LogP contribution in [0.1, 0.15) is 42.5 Å². The second-order valence-corrected chi connectivity index (χ2v) is 7.15. The number of thioether (sulfide) groups is 1. The van der Waals surface area contributed by atoms with Crippen molar-refractivity contribution < 1.29 is 4.79 Å². The number of carbonyl (C=O) groups excluding carboxylic acids is 1. The maximum atomic E-state index is 12.5. The van der Waals surface area contributed by atoms with Crippen LogP contribution in [0, 0.1) is 0 Å². The maximum absolute atomic E-state index is 12.5. The Morgan fingerprint density at radius 1 is 1.29 bits per heavy atom. The molecule has 0 saturated heterocycles. The molecule has 0 bridgehead atoms. The number of nitrogens with one attached hydrogen (secondary N) is 2. The van der Waals surface area contributed by atoms with Gasteiger partial charge in [-0.15, -0.1) is 0 Å². The van der Waals surface area contributed by atoms with Crippen LogP contribution in [0.5, 0.6) is 0 Å². The smallest absolute Gasteiger partial charge is 0.253 e. The van der Waals surface area contributed by atoms with Gasteiger partial charge in [0.05, 0.1) is 5.56 Å². The van der Waals surface area contributed by atoms with Crippen LogP contribution < -0.4 is 5.32 Å². The van der Waals surface area contributed by atoms with Crippen LogP contribution in [-0.2, 0) is 0 Å². The van der Waals surface area contributed by atoms with Crippen molar-refractivity contribution in [3.63, 3.8) is 0 Å².